The van der Waals surface area contributed by atoms with Crippen LogP contribution >= 0.6 is 11.3 Å². The standard InChI is InChI=1S/C25H23N3O5S/c29-22(28-12-6-5-11-20(28)23(30)31)21-13-26-24(34-21)27-25(32)33-14-19-17-9-3-1-7-15(17)16-8-2-4-10-18(16)19/h1-4,7-10,13,19-20H,5-6,11-12,14H2,(H,30,31)(H,26,27,32)/t20-/m1/s1. The molecule has 9 heteroatoms. The number of fused-ring (bicyclic) bond motifs is 3. The van der Waals surface area contributed by atoms with Gasteiger partial charge in [-0.1, -0.05) is 59.9 Å². The van der Waals surface area contributed by atoms with Crippen LogP contribution in [0.4, 0.5) is 9.93 Å². The predicted molar refractivity (Wildman–Crippen MR) is 127 cm³/mol. The number of anilines is 1. The number of benzene rings is 2. The smallest absolute Gasteiger partial charge is 0.413 e. The van der Waals surface area contributed by atoms with E-state index in [4.69, 9.17) is 4.74 Å². The van der Waals surface area contributed by atoms with Crippen LogP contribution in [0.5, 0.6) is 0 Å². The van der Waals surface area contributed by atoms with Crippen molar-refractivity contribution in [3.8, 4) is 11.1 Å². The molecule has 5 rings (SSSR count). The van der Waals surface area contributed by atoms with E-state index in [0.717, 1.165) is 46.4 Å². The molecule has 2 heterocycles. The average molecular weight is 478 g/mol. The summed E-state index contributed by atoms with van der Waals surface area (Å²) in [7, 11) is 0. The first kappa shape index (κ1) is 22.1. The van der Waals surface area contributed by atoms with Crippen molar-refractivity contribution in [3.63, 3.8) is 0 Å². The molecule has 2 N–H and O–H groups in total. The number of aliphatic carboxylic acids is 1. The summed E-state index contributed by atoms with van der Waals surface area (Å²) in [5, 5.41) is 12.2. The molecule has 0 bridgehead atoms. The fourth-order valence-corrected chi connectivity index (χ4v) is 5.48. The Morgan fingerprint density at radius 1 is 1.06 bits per heavy atom. The zero-order valence-corrected chi connectivity index (χ0v) is 19.1. The van der Waals surface area contributed by atoms with Gasteiger partial charge in [0.2, 0.25) is 0 Å². The van der Waals surface area contributed by atoms with Crippen molar-refractivity contribution in [2.75, 3.05) is 18.5 Å². The van der Waals surface area contributed by atoms with E-state index in [1.165, 1.54) is 11.1 Å². The number of carbonyl (C=O) groups is 3. The van der Waals surface area contributed by atoms with E-state index in [9.17, 15) is 19.5 Å². The van der Waals surface area contributed by atoms with Crippen LogP contribution < -0.4 is 5.32 Å². The molecule has 3 aromatic rings. The molecule has 1 atom stereocenters. The van der Waals surface area contributed by atoms with Crippen LogP contribution in [0, 0.1) is 0 Å². The molecule has 2 amide bonds. The third-order valence-corrected chi connectivity index (χ3v) is 7.22. The molecular weight excluding hydrogens is 454 g/mol. The number of carbonyl (C=O) groups excluding carboxylic acids is 2. The van der Waals surface area contributed by atoms with Crippen molar-refractivity contribution < 1.29 is 24.2 Å². The van der Waals surface area contributed by atoms with Crippen LogP contribution in [-0.2, 0) is 9.53 Å². The fourth-order valence-electron chi connectivity index (χ4n) is 4.73. The Morgan fingerprint density at radius 2 is 1.74 bits per heavy atom. The highest BCUT2D eigenvalue weighted by Crippen LogP contribution is 2.44. The summed E-state index contributed by atoms with van der Waals surface area (Å²) in [5.41, 5.74) is 4.53. The van der Waals surface area contributed by atoms with Gasteiger partial charge in [0.1, 0.15) is 17.5 Å². The number of thiazole rings is 1. The van der Waals surface area contributed by atoms with Crippen molar-refractivity contribution in [1.82, 2.24) is 9.88 Å². The van der Waals surface area contributed by atoms with Gasteiger partial charge in [-0.3, -0.25) is 10.1 Å². The lowest BCUT2D eigenvalue weighted by Gasteiger charge is -2.32. The molecule has 34 heavy (non-hydrogen) atoms. The number of nitrogens with one attached hydrogen (secondary N) is 1. The minimum Gasteiger partial charge on any atom is -0.480 e. The van der Waals surface area contributed by atoms with Gasteiger partial charge >= 0.3 is 12.1 Å². The molecular formula is C25H23N3O5S. The van der Waals surface area contributed by atoms with Gasteiger partial charge in [-0.25, -0.2) is 14.6 Å². The summed E-state index contributed by atoms with van der Waals surface area (Å²) < 4.78 is 5.52. The Labute approximate surface area is 200 Å². The largest absolute Gasteiger partial charge is 0.480 e. The first-order valence-electron chi connectivity index (χ1n) is 11.1. The van der Waals surface area contributed by atoms with Crippen molar-refractivity contribution in [1.29, 1.82) is 0 Å². The summed E-state index contributed by atoms with van der Waals surface area (Å²) in [4.78, 5) is 42.6. The molecule has 174 valence electrons. The lowest BCUT2D eigenvalue weighted by atomic mass is 9.98. The highest BCUT2D eigenvalue weighted by atomic mass is 32.1. The van der Waals surface area contributed by atoms with Crippen LogP contribution in [0.2, 0.25) is 0 Å². The van der Waals surface area contributed by atoms with Crippen LogP contribution in [0.15, 0.2) is 54.7 Å². The molecule has 2 aliphatic rings. The Kier molecular flexibility index (Phi) is 6.02. The van der Waals surface area contributed by atoms with Crippen molar-refractivity contribution in [2.24, 2.45) is 0 Å². The van der Waals surface area contributed by atoms with Crippen molar-refractivity contribution in [3.05, 3.63) is 70.7 Å². The van der Waals surface area contributed by atoms with Gasteiger partial charge in [0.25, 0.3) is 5.91 Å². The van der Waals surface area contributed by atoms with Gasteiger partial charge < -0.3 is 14.7 Å². The summed E-state index contributed by atoms with van der Waals surface area (Å²) in [6, 6.07) is 15.3. The maximum absolute atomic E-state index is 12.8. The van der Waals surface area contributed by atoms with E-state index in [0.29, 0.717) is 13.0 Å². The Bertz CT molecular complexity index is 1210. The van der Waals surface area contributed by atoms with Crippen molar-refractivity contribution >= 4 is 34.4 Å². The number of likely N-dealkylation sites (tertiary alicyclic amines) is 1. The number of aromatic nitrogens is 1. The number of hydrogen-bond acceptors (Lipinski definition) is 6. The minimum atomic E-state index is -1.01. The van der Waals surface area contributed by atoms with E-state index in [2.05, 4.69) is 22.4 Å². The number of hydrogen-bond donors (Lipinski definition) is 2. The number of nitrogens with zero attached hydrogens (tertiary/aromatic N) is 2. The first-order valence-corrected chi connectivity index (χ1v) is 12.0. The van der Waals surface area contributed by atoms with E-state index >= 15 is 0 Å². The second kappa shape index (κ2) is 9.26. The van der Waals surface area contributed by atoms with Crippen molar-refractivity contribution in [2.45, 2.75) is 31.2 Å². The summed E-state index contributed by atoms with van der Waals surface area (Å²) >= 11 is 1.00. The molecule has 2 aromatic carbocycles. The lowest BCUT2D eigenvalue weighted by molar-refractivity contribution is -0.143. The molecule has 1 aromatic heterocycles. The number of amides is 2. The van der Waals surface area contributed by atoms with E-state index in [1.54, 1.807) is 0 Å². The third-order valence-electron chi connectivity index (χ3n) is 6.32. The van der Waals surface area contributed by atoms with Crippen LogP contribution in [0.3, 0.4) is 0 Å². The second-order valence-corrected chi connectivity index (χ2v) is 9.36. The number of rotatable bonds is 5. The number of carboxylic acid groups (broad SMARTS) is 1. The Morgan fingerprint density at radius 3 is 2.41 bits per heavy atom. The van der Waals surface area contributed by atoms with Gasteiger partial charge in [0.15, 0.2) is 5.13 Å². The third kappa shape index (κ3) is 4.14. The van der Waals surface area contributed by atoms with Gasteiger partial charge in [0.05, 0.1) is 6.20 Å². The van der Waals surface area contributed by atoms with E-state index in [-0.39, 0.29) is 28.4 Å². The monoisotopic (exact) mass is 477 g/mol. The normalized spacial score (nSPS) is 17.1. The molecule has 1 saturated heterocycles. The predicted octanol–water partition coefficient (Wildman–Crippen LogP) is 4.58. The Hall–Kier alpha value is -3.72. The molecule has 1 aliphatic carbocycles. The van der Waals surface area contributed by atoms with E-state index in [1.807, 2.05) is 36.4 Å². The number of carboxylic acids is 1. The maximum atomic E-state index is 12.8. The van der Waals surface area contributed by atoms with Gasteiger partial charge in [-0.05, 0) is 41.5 Å². The van der Waals surface area contributed by atoms with Crippen LogP contribution in [-0.4, -0.2) is 52.2 Å². The van der Waals surface area contributed by atoms with Crippen LogP contribution in [0.1, 0.15) is 46.0 Å². The highest BCUT2D eigenvalue weighted by molar-refractivity contribution is 7.17. The molecule has 1 fully saturated rings. The SMILES string of the molecule is O=C(Nc1ncc(C(=O)N2CCCC[C@@H]2C(=O)O)s1)OCC1c2ccccc2-c2ccccc21. The number of ether oxygens (including phenoxy) is 1. The lowest BCUT2D eigenvalue weighted by Crippen LogP contribution is -2.47. The Balaban J connectivity index is 1.23. The summed E-state index contributed by atoms with van der Waals surface area (Å²) in [5.74, 6) is -1.45. The molecule has 0 spiro atoms. The topological polar surface area (TPSA) is 109 Å². The average Bonchev–Trinajstić information content (AvgIpc) is 3.45. The molecule has 0 saturated carbocycles. The fraction of sp³-hybridized carbons (Fsp3) is 0.280. The van der Waals surface area contributed by atoms with Gasteiger partial charge in [-0.2, -0.15) is 0 Å². The second-order valence-electron chi connectivity index (χ2n) is 8.33. The van der Waals surface area contributed by atoms with Gasteiger partial charge in [-0.15, -0.1) is 0 Å². The van der Waals surface area contributed by atoms with E-state index < -0.39 is 18.1 Å². The quantitative estimate of drug-likeness (QED) is 0.557. The van der Waals surface area contributed by atoms with Crippen LogP contribution in [0.25, 0.3) is 11.1 Å². The molecule has 8 nitrogen and oxygen atoms in total. The van der Waals surface area contributed by atoms with Gasteiger partial charge in [0, 0.05) is 12.5 Å². The zero-order valence-electron chi connectivity index (χ0n) is 18.3. The first-order chi connectivity index (χ1) is 16.5. The summed E-state index contributed by atoms with van der Waals surface area (Å²) in [6.07, 6.45) is 2.68. The minimum absolute atomic E-state index is 0.0568. The molecule has 1 aliphatic heterocycles. The summed E-state index contributed by atoms with van der Waals surface area (Å²) in [6.45, 7) is 0.563. The zero-order chi connectivity index (χ0) is 23.7. The molecule has 0 radical (unpaired) electrons. The number of piperidine rings is 1. The maximum Gasteiger partial charge on any atom is 0.413 e. The molecule has 0 unspecified atom stereocenters. The highest BCUT2D eigenvalue weighted by Gasteiger charge is 2.33.